The number of ketones is 1. The minimum Gasteiger partial charge on any atom is -0.292 e. The number of rotatable bonds is 5. The third-order valence-electron chi connectivity index (χ3n) is 7.74. The summed E-state index contributed by atoms with van der Waals surface area (Å²) in [6.45, 7) is -0.480. The molecule has 35 heavy (non-hydrogen) atoms. The number of allylic oxidation sites excluding steroid dienone is 2. The van der Waals surface area contributed by atoms with Crippen molar-refractivity contribution in [1.29, 1.82) is 0 Å². The second-order valence-corrected chi connectivity index (χ2v) is 11.3. The Morgan fingerprint density at radius 1 is 0.943 bits per heavy atom. The molecule has 5 aliphatic rings. The summed E-state index contributed by atoms with van der Waals surface area (Å²) in [6, 6.07) is 11.0. The predicted molar refractivity (Wildman–Crippen MR) is 133 cm³/mol. The number of imide groups is 1. The Hall–Kier alpha value is -2.48. The van der Waals surface area contributed by atoms with E-state index in [1.165, 1.54) is 18.2 Å². The minimum atomic E-state index is -0.706. The summed E-state index contributed by atoms with van der Waals surface area (Å²) < 4.78 is 0.797. The van der Waals surface area contributed by atoms with Gasteiger partial charge in [0, 0.05) is 15.1 Å². The highest BCUT2D eigenvalue weighted by Gasteiger charge is 2.68. The monoisotopic (exact) mass is 572 g/mol. The molecule has 0 unspecified atom stereocenters. The summed E-state index contributed by atoms with van der Waals surface area (Å²) in [5.74, 6) is -2.13. The van der Waals surface area contributed by atoms with E-state index in [1.54, 1.807) is 24.3 Å². The molecule has 2 saturated carbocycles. The van der Waals surface area contributed by atoms with Crippen LogP contribution in [0.5, 0.6) is 0 Å². The zero-order valence-electron chi connectivity index (χ0n) is 18.2. The lowest BCUT2D eigenvalue weighted by atomic mass is 9.63. The molecule has 178 valence electrons. The van der Waals surface area contributed by atoms with Crippen LogP contribution in [0.2, 0.25) is 10.0 Å². The molecule has 4 aliphatic carbocycles. The molecule has 1 heterocycles. The predicted octanol–water partition coefficient (Wildman–Crippen LogP) is 5.05. The van der Waals surface area contributed by atoms with Crippen molar-refractivity contribution < 1.29 is 19.2 Å². The van der Waals surface area contributed by atoms with E-state index < -0.39 is 41.9 Å². The lowest BCUT2D eigenvalue weighted by molar-refractivity contribution is -0.154. The van der Waals surface area contributed by atoms with E-state index in [4.69, 9.17) is 23.2 Å². The first-order valence-corrected chi connectivity index (χ1v) is 12.9. The van der Waals surface area contributed by atoms with E-state index in [9.17, 15) is 19.2 Å². The van der Waals surface area contributed by atoms with Crippen molar-refractivity contribution in [2.75, 3.05) is 6.54 Å². The lowest BCUT2D eigenvalue weighted by Gasteiger charge is -2.37. The Morgan fingerprint density at radius 3 is 2.11 bits per heavy atom. The van der Waals surface area contributed by atoms with Gasteiger partial charge in [0.05, 0.1) is 22.4 Å². The number of halogens is 3. The molecule has 1 aliphatic heterocycles. The number of amides is 3. The summed E-state index contributed by atoms with van der Waals surface area (Å²) in [5, 5.41) is 2.29. The molecule has 1 saturated heterocycles. The Kier molecular flexibility index (Phi) is 5.43. The average Bonchev–Trinajstić information content (AvgIpc) is 3.61. The normalized spacial score (nSPS) is 29.7. The van der Waals surface area contributed by atoms with E-state index in [2.05, 4.69) is 28.1 Å². The van der Waals surface area contributed by atoms with Crippen LogP contribution < -0.4 is 0 Å². The number of carbonyl (C=O) groups excluding carboxylic acids is 4. The molecule has 2 bridgehead atoms. The minimum absolute atomic E-state index is 0.00491. The molecule has 2 aromatic carbocycles. The van der Waals surface area contributed by atoms with Crippen molar-refractivity contribution >= 4 is 62.6 Å². The zero-order valence-corrected chi connectivity index (χ0v) is 21.3. The van der Waals surface area contributed by atoms with Crippen molar-refractivity contribution in [1.82, 2.24) is 10.0 Å². The van der Waals surface area contributed by atoms with Crippen molar-refractivity contribution in [3.8, 4) is 0 Å². The van der Waals surface area contributed by atoms with Crippen LogP contribution >= 0.6 is 39.1 Å². The highest BCUT2D eigenvalue weighted by Crippen LogP contribution is 2.65. The average molecular weight is 574 g/mol. The van der Waals surface area contributed by atoms with Crippen LogP contribution in [0.15, 0.2) is 59.1 Å². The maximum atomic E-state index is 13.7. The largest absolute Gasteiger partial charge is 0.292 e. The second-order valence-electron chi connectivity index (χ2n) is 9.56. The summed E-state index contributed by atoms with van der Waals surface area (Å²) >= 11 is 15.6. The Labute approximate surface area is 219 Å². The van der Waals surface area contributed by atoms with Crippen molar-refractivity contribution in [3.63, 3.8) is 0 Å². The van der Waals surface area contributed by atoms with Gasteiger partial charge in [0.25, 0.3) is 17.7 Å². The maximum absolute atomic E-state index is 13.7. The van der Waals surface area contributed by atoms with Crippen LogP contribution in [-0.4, -0.2) is 40.1 Å². The number of hydrogen-bond donors (Lipinski definition) is 0. The molecule has 3 fully saturated rings. The third-order valence-corrected chi connectivity index (χ3v) is 8.81. The SMILES string of the molecule is O=C(CN(C(=O)c1ccc(Cl)cc1Cl)N1C(=O)[C@@H]2[C@H]3C=C[C@@H]([C@@H]4C[C@H]34)[C@@H]2C1=O)c1ccc(Br)cc1. The molecular weight excluding hydrogens is 555 g/mol. The highest BCUT2D eigenvalue weighted by molar-refractivity contribution is 9.10. The van der Waals surface area contributed by atoms with Gasteiger partial charge < -0.3 is 0 Å². The van der Waals surface area contributed by atoms with Crippen molar-refractivity contribution in [2.45, 2.75) is 6.42 Å². The first-order valence-electron chi connectivity index (χ1n) is 11.4. The van der Waals surface area contributed by atoms with Gasteiger partial charge in [-0.25, -0.2) is 5.01 Å². The van der Waals surface area contributed by atoms with Gasteiger partial charge in [0.2, 0.25) is 0 Å². The van der Waals surface area contributed by atoms with Crippen LogP contribution in [0.4, 0.5) is 0 Å². The van der Waals surface area contributed by atoms with E-state index in [1.807, 2.05) is 0 Å². The van der Waals surface area contributed by atoms with Crippen LogP contribution in [0.25, 0.3) is 0 Å². The van der Waals surface area contributed by atoms with Gasteiger partial charge in [-0.2, -0.15) is 5.01 Å². The van der Waals surface area contributed by atoms with Gasteiger partial charge in [-0.15, -0.1) is 0 Å². The van der Waals surface area contributed by atoms with Crippen LogP contribution in [0, 0.1) is 35.5 Å². The van der Waals surface area contributed by atoms with E-state index >= 15 is 0 Å². The van der Waals surface area contributed by atoms with Crippen molar-refractivity contribution in [3.05, 3.63) is 80.3 Å². The number of nitrogens with zero attached hydrogens (tertiary/aromatic N) is 2. The fraction of sp³-hybridized carbons (Fsp3) is 0.308. The molecule has 0 radical (unpaired) electrons. The Balaban J connectivity index is 1.38. The molecule has 0 spiro atoms. The second kappa shape index (κ2) is 8.29. The Morgan fingerprint density at radius 2 is 1.54 bits per heavy atom. The summed E-state index contributed by atoms with van der Waals surface area (Å²) in [7, 11) is 0. The first-order chi connectivity index (χ1) is 16.8. The van der Waals surface area contributed by atoms with E-state index in [0.29, 0.717) is 22.4 Å². The molecule has 9 heteroatoms. The molecule has 0 aromatic heterocycles. The van der Waals surface area contributed by atoms with Crippen molar-refractivity contribution in [2.24, 2.45) is 35.5 Å². The zero-order chi connectivity index (χ0) is 24.6. The molecular formula is C26H19BrCl2N2O4. The molecule has 6 nitrogen and oxygen atoms in total. The molecule has 3 amide bonds. The molecule has 6 atom stereocenters. The van der Waals surface area contributed by atoms with Crippen LogP contribution in [-0.2, 0) is 9.59 Å². The number of hydrogen-bond acceptors (Lipinski definition) is 4. The fourth-order valence-electron chi connectivity index (χ4n) is 6.08. The van der Waals surface area contributed by atoms with Crippen LogP contribution in [0.1, 0.15) is 27.1 Å². The first kappa shape index (κ1) is 23.0. The topological polar surface area (TPSA) is 74.8 Å². The standard InChI is InChI=1S/C26H19BrCl2N2O4/c27-13-3-1-12(2-4-13)21(32)11-30(24(33)17-6-5-14(28)9-20(17)29)31-25(34)22-15-7-8-16(19-10-18(15)19)23(22)26(31)35/h1-9,15-16,18-19,22-23H,10-11H2/t15-,16-,18-,19+,22-,23+/m0/s1. The lowest BCUT2D eigenvalue weighted by Crippen LogP contribution is -2.52. The molecule has 2 aromatic rings. The Bertz CT molecular complexity index is 1290. The number of Topliss-reactive ketones (excluding diaryl/α,β-unsaturated/α-hetero) is 1. The highest BCUT2D eigenvalue weighted by atomic mass is 79.9. The van der Waals surface area contributed by atoms with E-state index in [-0.39, 0.29) is 22.4 Å². The van der Waals surface area contributed by atoms with Gasteiger partial charge in [0.15, 0.2) is 5.78 Å². The van der Waals surface area contributed by atoms with Gasteiger partial charge in [-0.05, 0) is 60.4 Å². The van der Waals surface area contributed by atoms with E-state index in [0.717, 1.165) is 20.9 Å². The summed E-state index contributed by atoms with van der Waals surface area (Å²) in [4.78, 5) is 54.3. The quantitative estimate of drug-likeness (QED) is 0.285. The summed E-state index contributed by atoms with van der Waals surface area (Å²) in [6.07, 6.45) is 5.15. The number of benzene rings is 2. The molecule has 7 rings (SSSR count). The fourth-order valence-corrected chi connectivity index (χ4v) is 6.83. The third kappa shape index (κ3) is 3.59. The van der Waals surface area contributed by atoms with Crippen LogP contribution in [0.3, 0.4) is 0 Å². The maximum Gasteiger partial charge on any atom is 0.274 e. The van der Waals surface area contributed by atoms with Gasteiger partial charge in [-0.3, -0.25) is 19.2 Å². The van der Waals surface area contributed by atoms with Gasteiger partial charge >= 0.3 is 0 Å². The number of carbonyl (C=O) groups is 4. The molecule has 0 N–H and O–H groups in total. The smallest absolute Gasteiger partial charge is 0.274 e. The van der Waals surface area contributed by atoms with Gasteiger partial charge in [-0.1, -0.05) is 63.4 Å². The van der Waals surface area contributed by atoms with Gasteiger partial charge in [0.1, 0.15) is 6.54 Å². The number of hydrazine groups is 1. The summed E-state index contributed by atoms with van der Waals surface area (Å²) in [5.41, 5.74) is 0.409.